The first-order valence-corrected chi connectivity index (χ1v) is 29.8. The first kappa shape index (κ1) is 64.9. The van der Waals surface area contributed by atoms with Crippen molar-refractivity contribution in [1.29, 1.82) is 0 Å². The lowest BCUT2D eigenvalue weighted by molar-refractivity contribution is -0.135. The standard InChI is InChI=1S/C64H75N11O9S2/c1-2-47(58(78)71-50(57(67)77)33-39-24-27-40-15-9-10-20-43(40)31-39)69-62(82)53(36-85)74-59(79)49(23-13-14-30-65)70-61(81)52(34-44-35-68-48-22-12-11-21-46(44)48)72-63(83)54(37-86)75-60(80)51(32-38-25-28-45(76)29-26-38)73-64(84)56(66)55(41-16-5-3-6-17-41)42-18-7-4-8-19-42/h3-12,15-22,24-29,31,35,47,49-56,68,76,85-86H,2,13-14,23,30,32-34,36-37,65-66H2,1H3,(H2,67,77)(H,69,82)(H,70,81)(H,71,78)(H,72,83)(H,73,84)(H,74,79)(H,75,80)/t47-,49-,50-,51-,52+,53+,54-,56+/m0/s1. The third-order valence-electron chi connectivity index (χ3n) is 14.9. The smallest absolute Gasteiger partial charge is 0.244 e. The fourth-order valence-corrected chi connectivity index (χ4v) is 10.6. The predicted molar refractivity (Wildman–Crippen MR) is 338 cm³/mol. The van der Waals surface area contributed by atoms with Gasteiger partial charge in [-0.1, -0.05) is 140 Å². The molecule has 0 unspecified atom stereocenters. The Hall–Kier alpha value is -8.70. The minimum Gasteiger partial charge on any atom is -0.508 e. The number of primary amides is 1. The highest BCUT2D eigenvalue weighted by atomic mass is 32.1. The number of benzene rings is 6. The molecule has 0 aliphatic carbocycles. The summed E-state index contributed by atoms with van der Waals surface area (Å²) in [5.41, 5.74) is 22.6. The Morgan fingerprint density at radius 3 is 1.56 bits per heavy atom. The molecule has 86 heavy (non-hydrogen) atoms. The van der Waals surface area contributed by atoms with Crippen LogP contribution in [0.2, 0.25) is 0 Å². The van der Waals surface area contributed by atoms with Crippen LogP contribution >= 0.6 is 25.3 Å². The van der Waals surface area contributed by atoms with Crippen LogP contribution < -0.4 is 54.4 Å². The summed E-state index contributed by atoms with van der Waals surface area (Å²) in [6.45, 7) is 1.93. The van der Waals surface area contributed by atoms with Gasteiger partial charge in [0.2, 0.25) is 47.3 Å². The van der Waals surface area contributed by atoms with Crippen LogP contribution in [0.4, 0.5) is 0 Å². The zero-order valence-electron chi connectivity index (χ0n) is 47.6. The molecule has 6 aromatic carbocycles. The fraction of sp³-hybridized carbons (Fsp3) is 0.312. The van der Waals surface area contributed by atoms with E-state index in [1.54, 1.807) is 25.3 Å². The van der Waals surface area contributed by atoms with Crippen molar-refractivity contribution in [2.24, 2.45) is 17.2 Å². The number of rotatable bonds is 31. The molecule has 8 amide bonds. The molecule has 452 valence electrons. The van der Waals surface area contributed by atoms with E-state index in [0.29, 0.717) is 24.0 Å². The first-order valence-electron chi connectivity index (χ1n) is 28.5. The molecule has 20 nitrogen and oxygen atoms in total. The lowest BCUT2D eigenvalue weighted by Crippen LogP contribution is -2.61. The van der Waals surface area contributed by atoms with E-state index in [0.717, 1.165) is 38.4 Å². The molecular formula is C64H75N11O9S2. The van der Waals surface area contributed by atoms with Crippen LogP contribution in [0.5, 0.6) is 5.75 Å². The van der Waals surface area contributed by atoms with Gasteiger partial charge >= 0.3 is 0 Å². The van der Waals surface area contributed by atoms with E-state index in [-0.39, 0.29) is 55.9 Å². The van der Waals surface area contributed by atoms with Crippen molar-refractivity contribution in [1.82, 2.24) is 42.2 Å². The summed E-state index contributed by atoms with van der Waals surface area (Å²) in [4.78, 5) is 116. The highest BCUT2D eigenvalue weighted by Gasteiger charge is 2.36. The average Bonchev–Trinajstić information content (AvgIpc) is 4.14. The molecule has 15 N–H and O–H groups in total. The number of aromatic amines is 1. The van der Waals surface area contributed by atoms with Gasteiger partial charge in [0.15, 0.2) is 0 Å². The molecule has 1 aromatic heterocycles. The van der Waals surface area contributed by atoms with Gasteiger partial charge in [0.25, 0.3) is 0 Å². The minimum absolute atomic E-state index is 0.0185. The molecule has 0 spiro atoms. The predicted octanol–water partition coefficient (Wildman–Crippen LogP) is 3.49. The van der Waals surface area contributed by atoms with Crippen molar-refractivity contribution in [3.05, 3.63) is 186 Å². The molecule has 0 fully saturated rings. The second-order valence-corrected chi connectivity index (χ2v) is 21.8. The zero-order valence-corrected chi connectivity index (χ0v) is 49.4. The molecule has 7 aromatic rings. The molecule has 0 saturated heterocycles. The van der Waals surface area contributed by atoms with Crippen molar-refractivity contribution in [3.8, 4) is 5.75 Å². The molecule has 22 heteroatoms. The Bertz CT molecular complexity index is 3410. The molecule has 0 saturated carbocycles. The maximum Gasteiger partial charge on any atom is 0.244 e. The normalized spacial score (nSPS) is 14.1. The summed E-state index contributed by atoms with van der Waals surface area (Å²) in [5.74, 6) is -7.18. The number of nitrogens with one attached hydrogen (secondary N) is 8. The molecule has 7 rings (SSSR count). The molecule has 8 atom stereocenters. The van der Waals surface area contributed by atoms with Crippen LogP contribution in [0, 0.1) is 0 Å². The molecule has 0 bridgehead atoms. The van der Waals surface area contributed by atoms with E-state index >= 15 is 0 Å². The number of aromatic nitrogens is 1. The van der Waals surface area contributed by atoms with Crippen LogP contribution in [-0.2, 0) is 57.6 Å². The summed E-state index contributed by atoms with van der Waals surface area (Å²) >= 11 is 8.81. The Labute approximate surface area is 510 Å². The number of carbonyl (C=O) groups excluding carboxylic acids is 8. The van der Waals surface area contributed by atoms with Gasteiger partial charge in [0.05, 0.1) is 6.04 Å². The van der Waals surface area contributed by atoms with Crippen molar-refractivity contribution in [3.63, 3.8) is 0 Å². The summed E-state index contributed by atoms with van der Waals surface area (Å²) in [6, 6.07) is 35.0. The van der Waals surface area contributed by atoms with Gasteiger partial charge in [0.1, 0.15) is 48.0 Å². The number of hydrogen-bond donors (Lipinski definition) is 14. The number of carbonyl (C=O) groups is 8. The van der Waals surface area contributed by atoms with Crippen molar-refractivity contribution in [2.75, 3.05) is 18.1 Å². The highest BCUT2D eigenvalue weighted by molar-refractivity contribution is 7.80. The van der Waals surface area contributed by atoms with Crippen LogP contribution in [-0.4, -0.2) is 124 Å². The summed E-state index contributed by atoms with van der Waals surface area (Å²) < 4.78 is 0. The maximum absolute atomic E-state index is 14.8. The molecular weight excluding hydrogens is 1130 g/mol. The first-order chi connectivity index (χ1) is 41.5. The van der Waals surface area contributed by atoms with Gasteiger partial charge in [-0.2, -0.15) is 25.3 Å². The third-order valence-corrected chi connectivity index (χ3v) is 15.6. The van der Waals surface area contributed by atoms with E-state index < -0.39 is 102 Å². The lowest BCUT2D eigenvalue weighted by Gasteiger charge is -2.28. The largest absolute Gasteiger partial charge is 0.508 e. The number of H-pyrrole nitrogens is 1. The van der Waals surface area contributed by atoms with E-state index in [1.807, 2.05) is 127 Å². The molecule has 0 aliphatic rings. The van der Waals surface area contributed by atoms with Crippen LogP contribution in [0.1, 0.15) is 66.3 Å². The van der Waals surface area contributed by atoms with Gasteiger partial charge in [-0.15, -0.1) is 0 Å². The topological polar surface area (TPSA) is 335 Å². The Morgan fingerprint density at radius 2 is 0.965 bits per heavy atom. The fourth-order valence-electron chi connectivity index (χ4n) is 10.1. The van der Waals surface area contributed by atoms with Gasteiger partial charge in [-0.05, 0) is 89.0 Å². The zero-order chi connectivity index (χ0) is 61.7. The van der Waals surface area contributed by atoms with Gasteiger partial charge in [-0.3, -0.25) is 38.4 Å². The average molecular weight is 1210 g/mol. The van der Waals surface area contributed by atoms with Crippen LogP contribution in [0.3, 0.4) is 0 Å². The minimum atomic E-state index is -1.39. The van der Waals surface area contributed by atoms with Crippen molar-refractivity contribution >= 4 is 94.2 Å². The molecule has 0 radical (unpaired) electrons. The maximum atomic E-state index is 14.8. The highest BCUT2D eigenvalue weighted by Crippen LogP contribution is 2.28. The van der Waals surface area contributed by atoms with Crippen molar-refractivity contribution < 1.29 is 43.5 Å². The van der Waals surface area contributed by atoms with Crippen LogP contribution in [0.15, 0.2) is 158 Å². The number of hydrogen-bond acceptors (Lipinski definition) is 13. The van der Waals surface area contributed by atoms with Crippen LogP contribution in [0.25, 0.3) is 21.7 Å². The molecule has 1 heterocycles. The van der Waals surface area contributed by atoms with Gasteiger partial charge < -0.3 is 64.5 Å². The Morgan fingerprint density at radius 1 is 0.500 bits per heavy atom. The van der Waals surface area contributed by atoms with Gasteiger partial charge in [-0.25, -0.2) is 0 Å². The van der Waals surface area contributed by atoms with E-state index in [9.17, 15) is 43.5 Å². The van der Waals surface area contributed by atoms with Crippen molar-refractivity contribution in [2.45, 2.75) is 106 Å². The number of phenolic OH excluding ortho intramolecular Hbond substituents is 1. The third kappa shape index (κ3) is 17.9. The number of thiol groups is 2. The Kier molecular flexibility index (Phi) is 24.1. The second-order valence-electron chi connectivity index (χ2n) is 21.0. The lowest BCUT2D eigenvalue weighted by atomic mass is 9.85. The Balaban J connectivity index is 1.07. The SMILES string of the molecule is CC[C@H](NC(=O)[C@@H](CS)NC(=O)[C@H](CCCCN)NC(=O)[C@@H](Cc1c[nH]c2ccccc12)NC(=O)[C@H](CS)NC(=O)[C@H](Cc1ccc(O)cc1)NC(=O)[C@H](N)C(c1ccccc1)c1ccccc1)C(=O)N[C@@H](Cc1ccc2ccccc2c1)C(N)=O. The van der Waals surface area contributed by atoms with E-state index in [2.05, 4.69) is 67.5 Å². The number of fused-ring (bicyclic) bond motifs is 2. The second kappa shape index (κ2) is 32.0. The number of unbranched alkanes of at least 4 members (excludes halogenated alkanes) is 1. The monoisotopic (exact) mass is 1210 g/mol. The molecule has 0 aliphatic heterocycles. The quantitative estimate of drug-likeness (QED) is 0.0220. The summed E-state index contributed by atoms with van der Waals surface area (Å²) in [7, 11) is 0. The number of nitrogens with two attached hydrogens (primary N) is 3. The van der Waals surface area contributed by atoms with Gasteiger partial charge in [0, 0.05) is 53.8 Å². The number of para-hydroxylation sites is 1. The summed E-state index contributed by atoms with van der Waals surface area (Å²) in [6.07, 6.45) is 2.59. The number of amides is 8. The van der Waals surface area contributed by atoms with E-state index in [1.165, 1.54) is 12.1 Å². The number of phenols is 1. The number of aromatic hydroxyl groups is 1. The van der Waals surface area contributed by atoms with E-state index in [4.69, 9.17) is 17.2 Å². The summed E-state index contributed by atoms with van der Waals surface area (Å²) in [5, 5.41) is 31.8.